The Morgan fingerprint density at radius 2 is 2.06 bits per heavy atom. The zero-order valence-electron chi connectivity index (χ0n) is 11.3. The summed E-state index contributed by atoms with van der Waals surface area (Å²) in [6, 6.07) is 2.35. The fraction of sp³-hybridized carbons (Fsp3) is 0.615. The number of nitrogen functional groups attached to an aromatic ring is 1. The van der Waals surface area contributed by atoms with Gasteiger partial charge in [0.25, 0.3) is 0 Å². The second kappa shape index (κ2) is 6.45. The molecule has 1 unspecified atom stereocenters. The zero-order valence-corrected chi connectivity index (χ0v) is 11.3. The fourth-order valence-corrected chi connectivity index (χ4v) is 1.96. The topological polar surface area (TPSA) is 54.2 Å². The fourth-order valence-electron chi connectivity index (χ4n) is 1.96. The van der Waals surface area contributed by atoms with Gasteiger partial charge in [-0.25, -0.2) is 0 Å². The maximum atomic E-state index is 5.72. The van der Waals surface area contributed by atoms with Gasteiger partial charge in [0.1, 0.15) is 0 Å². The van der Waals surface area contributed by atoms with Crippen LogP contribution in [0.1, 0.15) is 20.3 Å². The minimum Gasteiger partial charge on any atom is -0.397 e. The molecule has 0 aromatic carbocycles. The van der Waals surface area contributed by atoms with Crippen LogP contribution < -0.4 is 11.1 Å². The van der Waals surface area contributed by atoms with Gasteiger partial charge in [0.15, 0.2) is 0 Å². The molecule has 1 atom stereocenters. The molecule has 0 fully saturated rings. The number of nitrogens with one attached hydrogen (secondary N) is 1. The maximum Gasteiger partial charge on any atom is 0.0550 e. The van der Waals surface area contributed by atoms with E-state index in [1.165, 1.54) is 0 Å². The molecule has 0 saturated heterocycles. The SMILES string of the molecule is CC(C)CC(CN(C)C)Nc1cncc(N)c1. The molecule has 96 valence electrons. The lowest BCUT2D eigenvalue weighted by Crippen LogP contribution is -2.33. The van der Waals surface area contributed by atoms with E-state index in [0.717, 1.165) is 18.7 Å². The number of hydrogen-bond donors (Lipinski definition) is 2. The van der Waals surface area contributed by atoms with E-state index in [2.05, 4.69) is 43.1 Å². The van der Waals surface area contributed by atoms with Crippen LogP contribution in [-0.4, -0.2) is 36.6 Å². The van der Waals surface area contributed by atoms with Crippen molar-refractivity contribution in [2.45, 2.75) is 26.3 Å². The minimum absolute atomic E-state index is 0.425. The lowest BCUT2D eigenvalue weighted by atomic mass is 10.0. The number of pyridine rings is 1. The van der Waals surface area contributed by atoms with E-state index in [4.69, 9.17) is 5.73 Å². The van der Waals surface area contributed by atoms with Crippen LogP contribution in [0.25, 0.3) is 0 Å². The molecule has 3 N–H and O–H groups in total. The summed E-state index contributed by atoms with van der Waals surface area (Å²) in [7, 11) is 4.18. The van der Waals surface area contributed by atoms with E-state index in [1.807, 2.05) is 12.3 Å². The number of rotatable bonds is 6. The van der Waals surface area contributed by atoms with Crippen molar-refractivity contribution < 1.29 is 0 Å². The number of anilines is 2. The van der Waals surface area contributed by atoms with Crippen LogP contribution >= 0.6 is 0 Å². The molecule has 0 aliphatic carbocycles. The number of nitrogens with two attached hydrogens (primary N) is 1. The van der Waals surface area contributed by atoms with Crippen molar-refractivity contribution in [2.75, 3.05) is 31.7 Å². The van der Waals surface area contributed by atoms with Crippen LogP contribution in [-0.2, 0) is 0 Å². The highest BCUT2D eigenvalue weighted by Gasteiger charge is 2.12. The van der Waals surface area contributed by atoms with Crippen LogP contribution in [0.2, 0.25) is 0 Å². The average Bonchev–Trinajstić information content (AvgIpc) is 2.14. The summed E-state index contributed by atoms with van der Waals surface area (Å²) in [6.07, 6.45) is 4.61. The largest absolute Gasteiger partial charge is 0.397 e. The number of aromatic nitrogens is 1. The Balaban J connectivity index is 2.64. The molecule has 1 aromatic rings. The second-order valence-electron chi connectivity index (χ2n) is 5.24. The van der Waals surface area contributed by atoms with Crippen LogP contribution in [0.5, 0.6) is 0 Å². The molecule has 0 aliphatic heterocycles. The maximum absolute atomic E-state index is 5.72. The quantitative estimate of drug-likeness (QED) is 0.794. The van der Waals surface area contributed by atoms with Crippen molar-refractivity contribution in [3.63, 3.8) is 0 Å². The molecule has 0 amide bonds. The van der Waals surface area contributed by atoms with Gasteiger partial charge in [0.05, 0.1) is 17.6 Å². The molecule has 4 heteroatoms. The van der Waals surface area contributed by atoms with Crippen LogP contribution in [0.4, 0.5) is 11.4 Å². The Kier molecular flexibility index (Phi) is 5.22. The summed E-state index contributed by atoms with van der Waals surface area (Å²) in [5.74, 6) is 0.668. The summed E-state index contributed by atoms with van der Waals surface area (Å²) < 4.78 is 0. The summed E-state index contributed by atoms with van der Waals surface area (Å²) >= 11 is 0. The molecule has 1 heterocycles. The van der Waals surface area contributed by atoms with Crippen molar-refractivity contribution >= 4 is 11.4 Å². The number of likely N-dealkylation sites (N-methyl/N-ethyl adjacent to an activating group) is 1. The monoisotopic (exact) mass is 236 g/mol. The first kappa shape index (κ1) is 13.8. The zero-order chi connectivity index (χ0) is 12.8. The normalized spacial score (nSPS) is 13.1. The highest BCUT2D eigenvalue weighted by molar-refractivity contribution is 5.51. The van der Waals surface area contributed by atoms with Gasteiger partial charge in [0.2, 0.25) is 0 Å². The van der Waals surface area contributed by atoms with Gasteiger partial charge in [0, 0.05) is 18.8 Å². The van der Waals surface area contributed by atoms with Crippen molar-refractivity contribution in [1.29, 1.82) is 0 Å². The third-order valence-electron chi connectivity index (χ3n) is 2.47. The van der Waals surface area contributed by atoms with Gasteiger partial charge in [-0.2, -0.15) is 0 Å². The molecule has 17 heavy (non-hydrogen) atoms. The van der Waals surface area contributed by atoms with Gasteiger partial charge < -0.3 is 16.0 Å². The standard InChI is InChI=1S/C13H24N4/c1-10(2)5-13(9-17(3)4)16-12-6-11(14)7-15-8-12/h6-8,10,13,16H,5,9,14H2,1-4H3. The molecule has 1 rings (SSSR count). The molecule has 0 radical (unpaired) electrons. The van der Waals surface area contributed by atoms with E-state index >= 15 is 0 Å². The predicted octanol–water partition coefficient (Wildman–Crippen LogP) is 2.05. The number of hydrogen-bond acceptors (Lipinski definition) is 4. The Hall–Kier alpha value is -1.29. The first-order chi connectivity index (χ1) is 7.97. The minimum atomic E-state index is 0.425. The van der Waals surface area contributed by atoms with Gasteiger partial charge in [-0.3, -0.25) is 4.98 Å². The highest BCUT2D eigenvalue weighted by atomic mass is 15.1. The molecular weight excluding hydrogens is 212 g/mol. The third kappa shape index (κ3) is 5.54. The summed E-state index contributed by atoms with van der Waals surface area (Å²) in [4.78, 5) is 6.29. The van der Waals surface area contributed by atoms with Crippen molar-refractivity contribution in [2.24, 2.45) is 5.92 Å². The highest BCUT2D eigenvalue weighted by Crippen LogP contribution is 2.15. The molecule has 0 spiro atoms. The average molecular weight is 236 g/mol. The second-order valence-corrected chi connectivity index (χ2v) is 5.24. The number of nitrogens with zero attached hydrogens (tertiary/aromatic N) is 2. The Morgan fingerprint density at radius 3 is 2.59 bits per heavy atom. The molecule has 0 saturated carbocycles. The Morgan fingerprint density at radius 1 is 1.35 bits per heavy atom. The summed E-state index contributed by atoms with van der Waals surface area (Å²) in [6.45, 7) is 5.48. The van der Waals surface area contributed by atoms with E-state index in [-0.39, 0.29) is 0 Å². The van der Waals surface area contributed by atoms with Crippen LogP contribution in [0.3, 0.4) is 0 Å². The van der Waals surface area contributed by atoms with E-state index in [0.29, 0.717) is 17.6 Å². The van der Waals surface area contributed by atoms with Crippen molar-refractivity contribution in [1.82, 2.24) is 9.88 Å². The van der Waals surface area contributed by atoms with E-state index in [9.17, 15) is 0 Å². The molecule has 0 aliphatic rings. The predicted molar refractivity (Wildman–Crippen MR) is 74.1 cm³/mol. The van der Waals surface area contributed by atoms with Gasteiger partial charge in [-0.15, -0.1) is 0 Å². The molecule has 4 nitrogen and oxygen atoms in total. The summed E-state index contributed by atoms with van der Waals surface area (Å²) in [5.41, 5.74) is 7.42. The van der Waals surface area contributed by atoms with Gasteiger partial charge in [-0.05, 0) is 32.5 Å². The first-order valence-corrected chi connectivity index (χ1v) is 6.09. The van der Waals surface area contributed by atoms with E-state index < -0.39 is 0 Å². The van der Waals surface area contributed by atoms with Crippen molar-refractivity contribution in [3.8, 4) is 0 Å². The Bertz CT molecular complexity index is 326. The van der Waals surface area contributed by atoms with E-state index in [1.54, 1.807) is 6.20 Å². The lowest BCUT2D eigenvalue weighted by Gasteiger charge is -2.24. The molecular formula is C13H24N4. The summed E-state index contributed by atoms with van der Waals surface area (Å²) in [5, 5.41) is 3.50. The van der Waals surface area contributed by atoms with Crippen LogP contribution in [0.15, 0.2) is 18.5 Å². The Labute approximate surface area is 104 Å². The molecule has 0 bridgehead atoms. The van der Waals surface area contributed by atoms with Crippen molar-refractivity contribution in [3.05, 3.63) is 18.5 Å². The van der Waals surface area contributed by atoms with Gasteiger partial charge in [-0.1, -0.05) is 13.8 Å². The molecule has 1 aromatic heterocycles. The third-order valence-corrected chi connectivity index (χ3v) is 2.47. The first-order valence-electron chi connectivity index (χ1n) is 6.09. The van der Waals surface area contributed by atoms with Gasteiger partial charge >= 0.3 is 0 Å². The van der Waals surface area contributed by atoms with Crippen LogP contribution in [0, 0.1) is 5.92 Å². The lowest BCUT2D eigenvalue weighted by molar-refractivity contribution is 0.356. The smallest absolute Gasteiger partial charge is 0.0550 e.